The molecule has 0 amide bonds. The van der Waals surface area contributed by atoms with E-state index in [0.717, 1.165) is 63.8 Å². The molecular weight excluding hydrogens is 386 g/mol. The number of benzene rings is 1. The summed E-state index contributed by atoms with van der Waals surface area (Å²) in [6.45, 7) is 11.7. The number of ether oxygens (including phenoxy) is 1. The predicted octanol–water partition coefficient (Wildman–Crippen LogP) is 4.18. The second-order valence-electron chi connectivity index (χ2n) is 7.76. The van der Waals surface area contributed by atoms with Gasteiger partial charge in [-0.2, -0.15) is 0 Å². The molecule has 3 heterocycles. The number of furan rings is 1. The molecule has 29 heavy (non-hydrogen) atoms. The number of aryl methyl sites for hydroxylation is 4. The zero-order valence-corrected chi connectivity index (χ0v) is 18.4. The highest BCUT2D eigenvalue weighted by molar-refractivity contribution is 7.80. The fourth-order valence-corrected chi connectivity index (χ4v) is 3.95. The lowest BCUT2D eigenvalue weighted by molar-refractivity contribution is 0.114. The number of hydrogen-bond donors (Lipinski definition) is 2. The number of hydrogen-bond acceptors (Lipinski definition) is 5. The monoisotopic (exact) mass is 413 g/mol. The molecule has 7 heteroatoms. The zero-order valence-electron chi connectivity index (χ0n) is 17.6. The molecule has 0 bridgehead atoms. The third kappa shape index (κ3) is 3.65. The third-order valence-corrected chi connectivity index (χ3v) is 6.14. The molecule has 2 N–H and O–H groups in total. The fraction of sp³-hybridized carbons (Fsp3) is 0.455. The Labute approximate surface area is 175 Å². The van der Waals surface area contributed by atoms with Crippen LogP contribution < -0.4 is 16.3 Å². The lowest BCUT2D eigenvalue weighted by atomic mass is 10.0. The molecule has 0 saturated carbocycles. The summed E-state index contributed by atoms with van der Waals surface area (Å²) >= 11 is 5.34. The Hall–Kier alpha value is -2.38. The van der Waals surface area contributed by atoms with Gasteiger partial charge in [-0.1, -0.05) is 0 Å². The maximum absolute atomic E-state index is 6.19. The number of nitrogens with one attached hydrogen (secondary N) is 2. The van der Waals surface area contributed by atoms with E-state index in [1.807, 2.05) is 20.8 Å². The zero-order chi connectivity index (χ0) is 20.7. The molecule has 1 fully saturated rings. The van der Waals surface area contributed by atoms with E-state index < -0.39 is 0 Å². The Morgan fingerprint density at radius 3 is 2.48 bits per heavy atom. The Morgan fingerprint density at radius 2 is 1.76 bits per heavy atom. The molecule has 0 radical (unpaired) electrons. The van der Waals surface area contributed by atoms with Gasteiger partial charge in [0.15, 0.2) is 5.11 Å². The average molecular weight is 414 g/mol. The van der Waals surface area contributed by atoms with E-state index in [2.05, 4.69) is 35.8 Å². The summed E-state index contributed by atoms with van der Waals surface area (Å²) in [6, 6.07) is 2.15. The standard InChI is InChI=1S/C22H27N3O3S/c1-11-12(2)21(24-25-22(29)23-10-16-7-6-8-26-16)28-20-14(4)19-18(9-17(11)20)13(3)15(5)27-19/h9,16H,6-8,10H2,1-5H3,(H2,23,25,29)/b24-21-/t16-/m0/s1. The van der Waals surface area contributed by atoms with E-state index in [-0.39, 0.29) is 6.10 Å². The normalized spacial score (nSPS) is 17.4. The summed E-state index contributed by atoms with van der Waals surface area (Å²) in [5.41, 5.74) is 9.32. The summed E-state index contributed by atoms with van der Waals surface area (Å²) in [5, 5.41) is 10.2. The summed E-state index contributed by atoms with van der Waals surface area (Å²) in [4.78, 5) is 0. The largest absolute Gasteiger partial charge is 0.461 e. The quantitative estimate of drug-likeness (QED) is 0.496. The van der Waals surface area contributed by atoms with Gasteiger partial charge >= 0.3 is 0 Å². The van der Waals surface area contributed by atoms with Crippen LogP contribution in [0.25, 0.3) is 21.9 Å². The maximum Gasteiger partial charge on any atom is 0.239 e. The van der Waals surface area contributed by atoms with Gasteiger partial charge in [-0.25, -0.2) is 0 Å². The summed E-state index contributed by atoms with van der Waals surface area (Å²) in [6.07, 6.45) is 2.38. The molecule has 0 aliphatic carbocycles. The first kappa shape index (κ1) is 19.9. The first-order chi connectivity index (χ1) is 13.9. The van der Waals surface area contributed by atoms with Crippen LogP contribution in [0.4, 0.5) is 0 Å². The third-order valence-electron chi connectivity index (χ3n) is 5.91. The van der Waals surface area contributed by atoms with Crippen molar-refractivity contribution in [3.05, 3.63) is 39.6 Å². The molecule has 1 saturated heterocycles. The van der Waals surface area contributed by atoms with E-state index in [1.165, 1.54) is 5.56 Å². The fourth-order valence-electron chi connectivity index (χ4n) is 3.82. The molecule has 6 nitrogen and oxygen atoms in total. The summed E-state index contributed by atoms with van der Waals surface area (Å²) in [7, 11) is 0. The highest BCUT2D eigenvalue weighted by Crippen LogP contribution is 2.34. The van der Waals surface area contributed by atoms with Crippen LogP contribution in [0.1, 0.15) is 40.9 Å². The van der Waals surface area contributed by atoms with Crippen molar-refractivity contribution in [2.24, 2.45) is 5.10 Å². The van der Waals surface area contributed by atoms with Crippen molar-refractivity contribution in [3.8, 4) is 0 Å². The molecule has 1 aromatic carbocycles. The Morgan fingerprint density at radius 1 is 1.03 bits per heavy atom. The summed E-state index contributed by atoms with van der Waals surface area (Å²) < 4.78 is 17.8. The number of rotatable bonds is 3. The van der Waals surface area contributed by atoms with Gasteiger partial charge in [0.1, 0.15) is 16.9 Å². The van der Waals surface area contributed by atoms with Crippen LogP contribution in [0.5, 0.6) is 0 Å². The lowest BCUT2D eigenvalue weighted by Gasteiger charge is -2.12. The smallest absolute Gasteiger partial charge is 0.239 e. The SMILES string of the molecule is Cc1oc2c(C)c3o/c(=N\NC(=S)NC[C@@H]4CCCO4)c(C)c(C)c3cc2c1C. The van der Waals surface area contributed by atoms with E-state index in [1.54, 1.807) is 0 Å². The molecule has 0 unspecified atom stereocenters. The average Bonchev–Trinajstić information content (AvgIpc) is 3.32. The van der Waals surface area contributed by atoms with Crippen LogP contribution in [0.15, 0.2) is 20.0 Å². The minimum Gasteiger partial charge on any atom is -0.461 e. The molecule has 1 aliphatic rings. The van der Waals surface area contributed by atoms with Crippen LogP contribution in [-0.2, 0) is 4.74 Å². The number of thiocarbonyl (C=S) groups is 1. The van der Waals surface area contributed by atoms with E-state index in [9.17, 15) is 0 Å². The van der Waals surface area contributed by atoms with Crippen molar-refractivity contribution < 1.29 is 13.6 Å². The molecular formula is C22H27N3O3S. The van der Waals surface area contributed by atoms with Gasteiger partial charge in [0, 0.05) is 35.1 Å². The van der Waals surface area contributed by atoms with Gasteiger partial charge in [-0.15, -0.1) is 5.10 Å². The van der Waals surface area contributed by atoms with Crippen LogP contribution in [-0.4, -0.2) is 24.4 Å². The molecule has 2 aromatic heterocycles. The van der Waals surface area contributed by atoms with Crippen molar-refractivity contribution >= 4 is 39.3 Å². The second-order valence-corrected chi connectivity index (χ2v) is 8.17. The Bertz CT molecular complexity index is 1170. The van der Waals surface area contributed by atoms with Crippen LogP contribution >= 0.6 is 12.2 Å². The molecule has 0 spiro atoms. The van der Waals surface area contributed by atoms with Gasteiger partial charge < -0.3 is 18.9 Å². The molecule has 1 atom stereocenters. The first-order valence-corrected chi connectivity index (χ1v) is 10.4. The Balaban J connectivity index is 1.68. The molecule has 154 valence electrons. The minimum absolute atomic E-state index is 0.217. The van der Waals surface area contributed by atoms with Crippen molar-refractivity contribution in [3.63, 3.8) is 0 Å². The van der Waals surface area contributed by atoms with Crippen LogP contribution in [0.2, 0.25) is 0 Å². The van der Waals surface area contributed by atoms with Crippen LogP contribution in [0, 0.1) is 34.6 Å². The van der Waals surface area contributed by atoms with E-state index in [0.29, 0.717) is 17.2 Å². The van der Waals surface area contributed by atoms with Crippen molar-refractivity contribution in [2.75, 3.05) is 13.2 Å². The number of fused-ring (bicyclic) bond motifs is 2. The van der Waals surface area contributed by atoms with Gasteiger partial charge in [-0.3, -0.25) is 5.43 Å². The molecule has 3 aromatic rings. The molecule has 1 aliphatic heterocycles. The van der Waals surface area contributed by atoms with E-state index >= 15 is 0 Å². The van der Waals surface area contributed by atoms with E-state index in [4.69, 9.17) is 25.8 Å². The highest BCUT2D eigenvalue weighted by atomic mass is 32.1. The topological polar surface area (TPSA) is 71.9 Å². The van der Waals surface area contributed by atoms with Gasteiger partial charge in [0.2, 0.25) is 5.55 Å². The predicted molar refractivity (Wildman–Crippen MR) is 118 cm³/mol. The van der Waals surface area contributed by atoms with Crippen LogP contribution in [0.3, 0.4) is 0 Å². The van der Waals surface area contributed by atoms with Crippen molar-refractivity contribution in [2.45, 2.75) is 53.6 Å². The minimum atomic E-state index is 0.217. The molecule has 4 rings (SSSR count). The first-order valence-electron chi connectivity index (χ1n) is 9.99. The lowest BCUT2D eigenvalue weighted by Crippen LogP contribution is -2.38. The Kier molecular flexibility index (Phi) is 5.36. The summed E-state index contributed by atoms with van der Waals surface area (Å²) in [5.74, 6) is 0.932. The van der Waals surface area contributed by atoms with Crippen molar-refractivity contribution in [1.82, 2.24) is 10.7 Å². The highest BCUT2D eigenvalue weighted by Gasteiger charge is 2.17. The van der Waals surface area contributed by atoms with Crippen molar-refractivity contribution in [1.29, 1.82) is 0 Å². The van der Waals surface area contributed by atoms with Gasteiger partial charge in [0.05, 0.1) is 6.10 Å². The van der Waals surface area contributed by atoms with Gasteiger partial charge in [0.25, 0.3) is 0 Å². The number of nitrogens with zero attached hydrogens (tertiary/aromatic N) is 1. The second kappa shape index (κ2) is 7.80. The van der Waals surface area contributed by atoms with Gasteiger partial charge in [-0.05, 0) is 76.9 Å². The maximum atomic E-state index is 6.19.